The van der Waals surface area contributed by atoms with Gasteiger partial charge in [-0.25, -0.2) is 0 Å². The second-order valence-electron chi connectivity index (χ2n) is 6.12. The van der Waals surface area contributed by atoms with Gasteiger partial charge in [0.05, 0.1) is 0 Å². The van der Waals surface area contributed by atoms with E-state index >= 15 is 0 Å². The summed E-state index contributed by atoms with van der Waals surface area (Å²) in [5, 5.41) is 0. The molecule has 0 radical (unpaired) electrons. The summed E-state index contributed by atoms with van der Waals surface area (Å²) >= 11 is 0. The molecular weight excluding hydrogens is 220 g/mol. The zero-order valence-electron chi connectivity index (χ0n) is 12.3. The third kappa shape index (κ3) is 5.19. The van der Waals surface area contributed by atoms with E-state index in [1.54, 1.807) is 0 Å². The molecule has 0 amide bonds. The van der Waals surface area contributed by atoms with Gasteiger partial charge in [0.25, 0.3) is 0 Å². The van der Waals surface area contributed by atoms with Crippen molar-refractivity contribution in [3.63, 3.8) is 0 Å². The van der Waals surface area contributed by atoms with Crippen molar-refractivity contribution in [1.29, 1.82) is 0 Å². The van der Waals surface area contributed by atoms with E-state index in [0.29, 0.717) is 0 Å². The fourth-order valence-corrected chi connectivity index (χ4v) is 1.95. The number of hydrogen-bond donors (Lipinski definition) is 1. The highest BCUT2D eigenvalue weighted by Crippen LogP contribution is 2.20. The number of rotatable bonds is 6. The first-order valence-electron chi connectivity index (χ1n) is 6.95. The van der Waals surface area contributed by atoms with E-state index in [-0.39, 0.29) is 11.5 Å². The second kappa shape index (κ2) is 6.91. The highest BCUT2D eigenvalue weighted by Gasteiger charge is 2.20. The summed E-state index contributed by atoms with van der Waals surface area (Å²) in [6.07, 6.45) is 1.06. The van der Waals surface area contributed by atoms with Crippen LogP contribution in [-0.2, 0) is 6.54 Å². The SMILES string of the molecule is CCN(CCC(N)C(C)(C)C)Cc1ccccc1. The summed E-state index contributed by atoms with van der Waals surface area (Å²) < 4.78 is 0. The quantitative estimate of drug-likeness (QED) is 0.837. The molecule has 18 heavy (non-hydrogen) atoms. The van der Waals surface area contributed by atoms with Gasteiger partial charge < -0.3 is 5.73 Å². The fourth-order valence-electron chi connectivity index (χ4n) is 1.95. The molecule has 1 aromatic rings. The van der Waals surface area contributed by atoms with Gasteiger partial charge in [0.1, 0.15) is 0 Å². The Morgan fingerprint density at radius 3 is 2.28 bits per heavy atom. The molecule has 0 aromatic heterocycles. The molecule has 0 saturated carbocycles. The maximum atomic E-state index is 6.22. The maximum absolute atomic E-state index is 6.22. The number of hydrogen-bond acceptors (Lipinski definition) is 2. The van der Waals surface area contributed by atoms with Crippen molar-refractivity contribution in [2.45, 2.75) is 46.7 Å². The molecule has 1 rings (SSSR count). The van der Waals surface area contributed by atoms with Gasteiger partial charge in [-0.1, -0.05) is 58.0 Å². The largest absolute Gasteiger partial charge is 0.327 e. The minimum absolute atomic E-state index is 0.201. The third-order valence-corrected chi connectivity index (χ3v) is 3.56. The minimum Gasteiger partial charge on any atom is -0.327 e. The van der Waals surface area contributed by atoms with Crippen LogP contribution < -0.4 is 5.73 Å². The van der Waals surface area contributed by atoms with Crippen LogP contribution in [-0.4, -0.2) is 24.0 Å². The van der Waals surface area contributed by atoms with Gasteiger partial charge >= 0.3 is 0 Å². The zero-order valence-corrected chi connectivity index (χ0v) is 12.3. The summed E-state index contributed by atoms with van der Waals surface area (Å²) in [5.41, 5.74) is 7.80. The average molecular weight is 248 g/mol. The Labute approximate surface area is 112 Å². The van der Waals surface area contributed by atoms with Crippen LogP contribution in [0, 0.1) is 5.41 Å². The van der Waals surface area contributed by atoms with E-state index < -0.39 is 0 Å². The highest BCUT2D eigenvalue weighted by atomic mass is 15.1. The molecule has 1 unspecified atom stereocenters. The van der Waals surface area contributed by atoms with Crippen LogP contribution in [0.5, 0.6) is 0 Å². The smallest absolute Gasteiger partial charge is 0.0233 e. The van der Waals surface area contributed by atoms with Gasteiger partial charge in [-0.2, -0.15) is 0 Å². The Kier molecular flexibility index (Phi) is 5.83. The van der Waals surface area contributed by atoms with Crippen LogP contribution in [0.3, 0.4) is 0 Å². The third-order valence-electron chi connectivity index (χ3n) is 3.56. The Hall–Kier alpha value is -0.860. The van der Waals surface area contributed by atoms with Gasteiger partial charge in [-0.05, 0) is 30.5 Å². The van der Waals surface area contributed by atoms with Crippen molar-refractivity contribution in [3.8, 4) is 0 Å². The fraction of sp³-hybridized carbons (Fsp3) is 0.625. The van der Waals surface area contributed by atoms with Crippen molar-refractivity contribution in [3.05, 3.63) is 35.9 Å². The molecule has 0 fully saturated rings. The summed E-state index contributed by atoms with van der Waals surface area (Å²) in [7, 11) is 0. The molecule has 0 aliphatic heterocycles. The van der Waals surface area contributed by atoms with E-state index in [1.165, 1.54) is 5.56 Å². The van der Waals surface area contributed by atoms with Crippen LogP contribution >= 0.6 is 0 Å². The van der Waals surface area contributed by atoms with Gasteiger partial charge in [0, 0.05) is 12.6 Å². The number of benzene rings is 1. The summed E-state index contributed by atoms with van der Waals surface area (Å²) in [4.78, 5) is 2.46. The van der Waals surface area contributed by atoms with Crippen LogP contribution in [0.15, 0.2) is 30.3 Å². The van der Waals surface area contributed by atoms with Crippen LogP contribution in [0.2, 0.25) is 0 Å². The van der Waals surface area contributed by atoms with Crippen molar-refractivity contribution in [2.24, 2.45) is 11.1 Å². The van der Waals surface area contributed by atoms with Crippen LogP contribution in [0.4, 0.5) is 0 Å². The van der Waals surface area contributed by atoms with E-state index in [0.717, 1.165) is 26.1 Å². The zero-order chi connectivity index (χ0) is 13.6. The van der Waals surface area contributed by atoms with E-state index in [4.69, 9.17) is 5.73 Å². The normalized spacial score (nSPS) is 13.9. The molecule has 0 heterocycles. The van der Waals surface area contributed by atoms with Crippen molar-refractivity contribution in [1.82, 2.24) is 4.90 Å². The molecule has 1 aromatic carbocycles. The second-order valence-corrected chi connectivity index (χ2v) is 6.12. The Morgan fingerprint density at radius 1 is 1.17 bits per heavy atom. The van der Waals surface area contributed by atoms with Crippen LogP contribution in [0.1, 0.15) is 39.7 Å². The molecule has 0 aliphatic rings. The highest BCUT2D eigenvalue weighted by molar-refractivity contribution is 5.14. The lowest BCUT2D eigenvalue weighted by Gasteiger charge is -2.29. The molecule has 0 aliphatic carbocycles. The standard InChI is InChI=1S/C16H28N2/c1-5-18(12-11-15(17)16(2,3)4)13-14-9-7-6-8-10-14/h6-10,15H,5,11-13,17H2,1-4H3. The molecule has 2 heteroatoms. The lowest BCUT2D eigenvalue weighted by molar-refractivity contribution is 0.229. The predicted molar refractivity (Wildman–Crippen MR) is 79.4 cm³/mol. The van der Waals surface area contributed by atoms with E-state index in [9.17, 15) is 0 Å². The average Bonchev–Trinajstić information content (AvgIpc) is 2.34. The van der Waals surface area contributed by atoms with E-state index in [2.05, 4.69) is 62.9 Å². The van der Waals surface area contributed by atoms with Crippen molar-refractivity contribution in [2.75, 3.05) is 13.1 Å². The first-order valence-corrected chi connectivity index (χ1v) is 6.95. The summed E-state index contributed by atoms with van der Waals surface area (Å²) in [5.74, 6) is 0. The lowest BCUT2D eigenvalue weighted by atomic mass is 9.85. The first kappa shape index (κ1) is 15.2. The van der Waals surface area contributed by atoms with E-state index in [1.807, 2.05) is 0 Å². The van der Waals surface area contributed by atoms with Gasteiger partial charge in [0.15, 0.2) is 0 Å². The first-order chi connectivity index (χ1) is 8.43. The molecule has 2 N–H and O–H groups in total. The predicted octanol–water partition coefficient (Wildman–Crippen LogP) is 3.27. The molecular formula is C16H28N2. The monoisotopic (exact) mass is 248 g/mol. The molecule has 0 saturated heterocycles. The molecule has 102 valence electrons. The maximum Gasteiger partial charge on any atom is 0.0233 e. The molecule has 2 nitrogen and oxygen atoms in total. The molecule has 1 atom stereocenters. The Bertz CT molecular complexity index is 327. The van der Waals surface area contributed by atoms with Gasteiger partial charge in [-0.15, -0.1) is 0 Å². The Morgan fingerprint density at radius 2 is 1.78 bits per heavy atom. The summed E-state index contributed by atoms with van der Waals surface area (Å²) in [6.45, 7) is 12.0. The molecule has 0 bridgehead atoms. The van der Waals surface area contributed by atoms with Gasteiger partial charge in [0.2, 0.25) is 0 Å². The molecule has 0 spiro atoms. The van der Waals surface area contributed by atoms with Gasteiger partial charge in [-0.3, -0.25) is 4.90 Å². The Balaban J connectivity index is 2.43. The minimum atomic E-state index is 0.201. The van der Waals surface area contributed by atoms with Crippen molar-refractivity contribution < 1.29 is 0 Å². The lowest BCUT2D eigenvalue weighted by Crippen LogP contribution is -2.38. The summed E-state index contributed by atoms with van der Waals surface area (Å²) in [6, 6.07) is 10.9. The van der Waals surface area contributed by atoms with Crippen molar-refractivity contribution >= 4 is 0 Å². The van der Waals surface area contributed by atoms with Crippen LogP contribution in [0.25, 0.3) is 0 Å². The number of nitrogens with two attached hydrogens (primary N) is 1. The topological polar surface area (TPSA) is 29.3 Å². The number of nitrogens with zero attached hydrogens (tertiary/aromatic N) is 1.